The van der Waals surface area contributed by atoms with Crippen LogP contribution in [0.25, 0.3) is 0 Å². The van der Waals surface area contributed by atoms with Crippen LogP contribution in [-0.2, 0) is 27.2 Å². The number of nitrogens with one attached hydrogen (secondary N) is 2. The molecular weight excluding hydrogens is 466 g/mol. The minimum absolute atomic E-state index is 0.0423. The fourth-order valence-electron chi connectivity index (χ4n) is 4.49. The molecular formula is C23H26ClN3O5S. The van der Waals surface area contributed by atoms with E-state index in [4.69, 9.17) is 16.3 Å². The Morgan fingerprint density at radius 2 is 1.97 bits per heavy atom. The fourth-order valence-corrected chi connectivity index (χ4v) is 5.42. The molecule has 3 atom stereocenters. The van der Waals surface area contributed by atoms with Crippen molar-refractivity contribution in [3.63, 3.8) is 0 Å². The van der Waals surface area contributed by atoms with E-state index in [9.17, 15) is 19.5 Å². The maximum Gasteiger partial charge on any atom is 0.293 e. The Morgan fingerprint density at radius 1 is 1.21 bits per heavy atom. The van der Waals surface area contributed by atoms with Crippen molar-refractivity contribution in [2.75, 3.05) is 25.5 Å². The van der Waals surface area contributed by atoms with E-state index in [-0.39, 0.29) is 19.3 Å². The number of anilines is 1. The van der Waals surface area contributed by atoms with Gasteiger partial charge in [-0.05, 0) is 55.3 Å². The molecule has 0 saturated heterocycles. The number of aliphatic hydroxyl groups excluding tert-OH is 1. The lowest BCUT2D eigenvalue weighted by Gasteiger charge is -2.29. The van der Waals surface area contributed by atoms with Crippen LogP contribution in [0.4, 0.5) is 5.69 Å². The quantitative estimate of drug-likeness (QED) is 0.535. The maximum atomic E-state index is 13.5. The first-order valence-corrected chi connectivity index (χ1v) is 12.0. The molecule has 1 aromatic heterocycles. The molecule has 1 aliphatic heterocycles. The zero-order valence-corrected chi connectivity index (χ0v) is 19.7. The van der Waals surface area contributed by atoms with Gasteiger partial charge in [-0.2, -0.15) is 0 Å². The number of amides is 2. The molecule has 33 heavy (non-hydrogen) atoms. The van der Waals surface area contributed by atoms with Crippen molar-refractivity contribution in [3.8, 4) is 0 Å². The summed E-state index contributed by atoms with van der Waals surface area (Å²) in [6.45, 7) is 2.16. The number of nitrogens with zero attached hydrogens (tertiary/aromatic N) is 1. The lowest BCUT2D eigenvalue weighted by atomic mass is 9.95. The van der Waals surface area contributed by atoms with Gasteiger partial charge in [0.2, 0.25) is 5.91 Å². The summed E-state index contributed by atoms with van der Waals surface area (Å²) in [5.41, 5.74) is 1.60. The monoisotopic (exact) mass is 491 g/mol. The lowest BCUT2D eigenvalue weighted by Crippen LogP contribution is -2.55. The molecule has 4 rings (SSSR count). The second kappa shape index (κ2) is 9.80. The van der Waals surface area contributed by atoms with Gasteiger partial charge in [-0.15, -0.1) is 11.3 Å². The SMILES string of the molecule is CN1CCc2ccc(NC(=O)C3(NC(=O)c4ccc(Cl)s4)CC(O)C(OC=O)C3)cc2CC1. The molecule has 2 aromatic rings. The van der Waals surface area contributed by atoms with Crippen molar-refractivity contribution in [2.24, 2.45) is 0 Å². The minimum Gasteiger partial charge on any atom is -0.462 e. The average Bonchev–Trinajstić information content (AvgIpc) is 3.29. The molecule has 0 bridgehead atoms. The molecule has 0 radical (unpaired) electrons. The molecule has 2 heterocycles. The van der Waals surface area contributed by atoms with E-state index < -0.39 is 29.6 Å². The zero-order valence-electron chi connectivity index (χ0n) is 18.2. The molecule has 1 fully saturated rings. The Labute approximate surface area is 200 Å². The van der Waals surface area contributed by atoms with Crippen LogP contribution in [0.3, 0.4) is 0 Å². The van der Waals surface area contributed by atoms with Crippen molar-refractivity contribution < 1.29 is 24.2 Å². The van der Waals surface area contributed by atoms with Crippen molar-refractivity contribution in [1.82, 2.24) is 10.2 Å². The Morgan fingerprint density at radius 3 is 2.67 bits per heavy atom. The largest absolute Gasteiger partial charge is 0.462 e. The van der Waals surface area contributed by atoms with E-state index in [1.54, 1.807) is 12.1 Å². The summed E-state index contributed by atoms with van der Waals surface area (Å²) < 4.78 is 5.42. The van der Waals surface area contributed by atoms with Crippen LogP contribution in [0.5, 0.6) is 0 Å². The number of hydrogen-bond acceptors (Lipinski definition) is 7. The molecule has 2 amide bonds. The van der Waals surface area contributed by atoms with Gasteiger partial charge in [0, 0.05) is 31.6 Å². The van der Waals surface area contributed by atoms with Gasteiger partial charge in [-0.25, -0.2) is 0 Å². The van der Waals surface area contributed by atoms with Gasteiger partial charge < -0.3 is 25.4 Å². The van der Waals surface area contributed by atoms with E-state index in [1.807, 2.05) is 18.2 Å². The summed E-state index contributed by atoms with van der Waals surface area (Å²) in [4.78, 5) is 39.8. The van der Waals surface area contributed by atoms with Crippen LogP contribution in [-0.4, -0.2) is 66.2 Å². The van der Waals surface area contributed by atoms with Crippen LogP contribution in [0.1, 0.15) is 33.6 Å². The van der Waals surface area contributed by atoms with E-state index in [1.165, 1.54) is 11.1 Å². The normalized spacial score (nSPS) is 25.1. The number of fused-ring (bicyclic) bond motifs is 1. The van der Waals surface area contributed by atoms with Crippen LogP contribution >= 0.6 is 22.9 Å². The van der Waals surface area contributed by atoms with Crippen molar-refractivity contribution in [3.05, 3.63) is 50.7 Å². The standard InChI is InChI=1S/C23H26ClN3O5S/c1-27-8-6-14-2-3-16(10-15(14)7-9-27)25-22(31)23(11-17(29)18(12-23)32-13-28)26-21(30)19-4-5-20(24)33-19/h2-5,10,13,17-18,29H,6-9,11-12H2,1H3,(H,25,31)(H,26,30). The number of halogens is 1. The summed E-state index contributed by atoms with van der Waals surface area (Å²) in [5.74, 6) is -0.953. The maximum absolute atomic E-state index is 13.5. The number of aliphatic hydroxyl groups is 1. The summed E-state index contributed by atoms with van der Waals surface area (Å²) in [5, 5.41) is 16.1. The number of ether oxygens (including phenoxy) is 1. The lowest BCUT2D eigenvalue weighted by molar-refractivity contribution is -0.138. The van der Waals surface area contributed by atoms with Crippen LogP contribution < -0.4 is 10.6 Å². The van der Waals surface area contributed by atoms with Gasteiger partial charge in [0.25, 0.3) is 12.4 Å². The third kappa shape index (κ3) is 5.22. The summed E-state index contributed by atoms with van der Waals surface area (Å²) in [7, 11) is 2.09. The van der Waals surface area contributed by atoms with Gasteiger partial charge in [0.05, 0.1) is 15.3 Å². The zero-order chi connectivity index (χ0) is 23.6. The van der Waals surface area contributed by atoms with Gasteiger partial charge >= 0.3 is 0 Å². The Hall–Kier alpha value is -2.46. The number of carbonyl (C=O) groups is 3. The van der Waals surface area contributed by atoms with E-state index in [2.05, 4.69) is 22.6 Å². The van der Waals surface area contributed by atoms with Crippen LogP contribution in [0.2, 0.25) is 4.34 Å². The first-order valence-electron chi connectivity index (χ1n) is 10.8. The molecule has 3 N–H and O–H groups in total. The average molecular weight is 492 g/mol. The predicted octanol–water partition coefficient (Wildman–Crippen LogP) is 2.24. The first kappa shape index (κ1) is 23.7. The van der Waals surface area contributed by atoms with Gasteiger partial charge in [-0.1, -0.05) is 17.7 Å². The highest BCUT2D eigenvalue weighted by Crippen LogP contribution is 2.35. The number of likely N-dealkylation sites (N-methyl/N-ethyl adjacent to an activating group) is 1. The van der Waals surface area contributed by atoms with Crippen molar-refractivity contribution >= 4 is 46.9 Å². The second-order valence-electron chi connectivity index (χ2n) is 8.63. The third-order valence-electron chi connectivity index (χ3n) is 6.34. The highest BCUT2D eigenvalue weighted by atomic mass is 35.5. The fraction of sp³-hybridized carbons (Fsp3) is 0.435. The number of hydrogen-bond donors (Lipinski definition) is 3. The first-order chi connectivity index (χ1) is 15.8. The molecule has 3 unspecified atom stereocenters. The second-order valence-corrected chi connectivity index (χ2v) is 10.3. The molecule has 1 saturated carbocycles. The molecule has 1 aromatic carbocycles. The molecule has 8 nitrogen and oxygen atoms in total. The van der Waals surface area contributed by atoms with Gasteiger partial charge in [-0.3, -0.25) is 14.4 Å². The van der Waals surface area contributed by atoms with E-state index in [0.717, 1.165) is 37.3 Å². The Kier molecular flexibility index (Phi) is 7.04. The topological polar surface area (TPSA) is 108 Å². The summed E-state index contributed by atoms with van der Waals surface area (Å²) in [6, 6.07) is 9.00. The predicted molar refractivity (Wildman–Crippen MR) is 126 cm³/mol. The number of carbonyl (C=O) groups excluding carboxylic acids is 3. The highest BCUT2D eigenvalue weighted by Gasteiger charge is 2.52. The molecule has 10 heteroatoms. The van der Waals surface area contributed by atoms with E-state index in [0.29, 0.717) is 14.9 Å². The molecule has 1 aliphatic carbocycles. The Balaban J connectivity index is 1.57. The Bertz CT molecular complexity index is 1060. The van der Waals surface area contributed by atoms with Gasteiger partial charge in [0.15, 0.2) is 0 Å². The smallest absolute Gasteiger partial charge is 0.293 e. The van der Waals surface area contributed by atoms with Crippen molar-refractivity contribution in [1.29, 1.82) is 0 Å². The number of rotatable bonds is 6. The van der Waals surface area contributed by atoms with Crippen molar-refractivity contribution in [2.45, 2.75) is 43.4 Å². The highest BCUT2D eigenvalue weighted by molar-refractivity contribution is 7.18. The number of benzene rings is 1. The van der Waals surface area contributed by atoms with E-state index >= 15 is 0 Å². The summed E-state index contributed by atoms with van der Waals surface area (Å²) in [6.07, 6.45) is -0.291. The summed E-state index contributed by atoms with van der Waals surface area (Å²) >= 11 is 7.04. The third-order valence-corrected chi connectivity index (χ3v) is 7.57. The molecule has 176 valence electrons. The number of thiophene rings is 1. The van der Waals surface area contributed by atoms with Gasteiger partial charge in [0.1, 0.15) is 11.6 Å². The minimum atomic E-state index is -1.45. The van der Waals surface area contributed by atoms with Crippen LogP contribution in [0.15, 0.2) is 30.3 Å². The molecule has 2 aliphatic rings. The molecule has 0 spiro atoms. The van der Waals surface area contributed by atoms with Crippen LogP contribution in [0, 0.1) is 0 Å².